The Hall–Kier alpha value is -2.50. The lowest BCUT2D eigenvalue weighted by atomic mass is 10.2. The average molecular weight is 371 g/mol. The van der Waals surface area contributed by atoms with Crippen LogP contribution in [0.1, 0.15) is 15.9 Å². The molecule has 6 heteroatoms. The minimum atomic E-state index is -0.407. The number of carbonyl (C=O) groups is 1. The third kappa shape index (κ3) is 4.75. The van der Waals surface area contributed by atoms with Gasteiger partial charge in [-0.1, -0.05) is 17.7 Å². The second kappa shape index (κ2) is 8.05. The number of phenols is 1. The number of benzene rings is 2. The number of thioether (sulfide) groups is 1. The highest BCUT2D eigenvalue weighted by molar-refractivity contribution is 7.98. The summed E-state index contributed by atoms with van der Waals surface area (Å²) in [7, 11) is 0. The first kappa shape index (κ1) is 17.3. The van der Waals surface area contributed by atoms with Crippen molar-refractivity contribution in [3.8, 4) is 5.75 Å². The maximum atomic E-state index is 12.2. The van der Waals surface area contributed by atoms with Crippen LogP contribution in [0, 0.1) is 0 Å². The minimum absolute atomic E-state index is 0.106. The van der Waals surface area contributed by atoms with E-state index in [1.54, 1.807) is 18.0 Å². The Morgan fingerprint density at radius 3 is 2.68 bits per heavy atom. The fourth-order valence-corrected chi connectivity index (χ4v) is 3.18. The van der Waals surface area contributed by atoms with Crippen molar-refractivity contribution in [2.45, 2.75) is 10.6 Å². The topological polar surface area (TPSA) is 62.2 Å². The van der Waals surface area contributed by atoms with Gasteiger partial charge < -0.3 is 10.4 Å². The van der Waals surface area contributed by atoms with Gasteiger partial charge in [-0.05, 0) is 54.1 Å². The van der Waals surface area contributed by atoms with Crippen molar-refractivity contribution in [3.05, 3.63) is 83.1 Å². The van der Waals surface area contributed by atoms with Gasteiger partial charge in [0.25, 0.3) is 5.91 Å². The zero-order valence-electron chi connectivity index (χ0n) is 13.1. The summed E-state index contributed by atoms with van der Waals surface area (Å²) in [5, 5.41) is 12.9. The van der Waals surface area contributed by atoms with Gasteiger partial charge in [0.2, 0.25) is 0 Å². The predicted octanol–water partition coefficient (Wildman–Crippen LogP) is 4.99. The standard InChI is InChI=1S/C19H15ClN2O2S/c20-14-3-8-18(23)17(10-14)19(24)22-15-4-6-16(7-5-15)25-12-13-2-1-9-21-11-13/h1-11,23H,12H2,(H,22,24). The molecule has 25 heavy (non-hydrogen) atoms. The third-order valence-corrected chi connectivity index (χ3v) is 4.76. The zero-order chi connectivity index (χ0) is 17.6. The van der Waals surface area contributed by atoms with Crippen LogP contribution < -0.4 is 5.32 Å². The van der Waals surface area contributed by atoms with Gasteiger partial charge >= 0.3 is 0 Å². The largest absolute Gasteiger partial charge is 0.507 e. The molecule has 0 aliphatic rings. The number of nitrogens with zero attached hydrogens (tertiary/aromatic N) is 1. The summed E-state index contributed by atoms with van der Waals surface area (Å²) < 4.78 is 0. The van der Waals surface area contributed by atoms with Crippen LogP contribution in [0.3, 0.4) is 0 Å². The second-order valence-corrected chi connectivity index (χ2v) is 6.78. The van der Waals surface area contributed by atoms with E-state index in [1.807, 2.05) is 42.6 Å². The molecule has 0 radical (unpaired) electrons. The fraction of sp³-hybridized carbons (Fsp3) is 0.0526. The molecule has 0 saturated heterocycles. The predicted molar refractivity (Wildman–Crippen MR) is 101 cm³/mol. The minimum Gasteiger partial charge on any atom is -0.507 e. The summed E-state index contributed by atoms with van der Waals surface area (Å²) in [6.45, 7) is 0. The van der Waals surface area contributed by atoms with E-state index < -0.39 is 5.91 Å². The maximum absolute atomic E-state index is 12.2. The highest BCUT2D eigenvalue weighted by atomic mass is 35.5. The molecular weight excluding hydrogens is 356 g/mol. The molecular formula is C19H15ClN2O2S. The first-order chi connectivity index (χ1) is 12.1. The number of hydrogen-bond donors (Lipinski definition) is 2. The number of phenolic OH excluding ortho intramolecular Hbond substituents is 1. The van der Waals surface area contributed by atoms with E-state index >= 15 is 0 Å². The zero-order valence-corrected chi connectivity index (χ0v) is 14.7. The van der Waals surface area contributed by atoms with Crippen molar-refractivity contribution in [2.24, 2.45) is 0 Å². The molecule has 0 atom stereocenters. The Bertz CT molecular complexity index is 870. The molecule has 4 nitrogen and oxygen atoms in total. The second-order valence-electron chi connectivity index (χ2n) is 5.29. The molecule has 3 rings (SSSR count). The lowest BCUT2D eigenvalue weighted by Gasteiger charge is -2.08. The van der Waals surface area contributed by atoms with E-state index in [0.29, 0.717) is 10.7 Å². The van der Waals surface area contributed by atoms with Crippen LogP contribution in [-0.2, 0) is 5.75 Å². The van der Waals surface area contributed by atoms with Gasteiger partial charge in [0.05, 0.1) is 5.56 Å². The average Bonchev–Trinajstić information content (AvgIpc) is 2.64. The van der Waals surface area contributed by atoms with Crippen molar-refractivity contribution >= 4 is 35.0 Å². The van der Waals surface area contributed by atoms with Crippen LogP contribution in [0.25, 0.3) is 0 Å². The van der Waals surface area contributed by atoms with Gasteiger partial charge in [0.1, 0.15) is 5.75 Å². The van der Waals surface area contributed by atoms with Crippen molar-refractivity contribution in [1.29, 1.82) is 0 Å². The normalized spacial score (nSPS) is 10.4. The molecule has 0 fully saturated rings. The van der Waals surface area contributed by atoms with E-state index in [4.69, 9.17) is 11.6 Å². The number of aromatic hydroxyl groups is 1. The maximum Gasteiger partial charge on any atom is 0.259 e. The van der Waals surface area contributed by atoms with Gasteiger partial charge in [0.15, 0.2) is 0 Å². The highest BCUT2D eigenvalue weighted by Crippen LogP contribution is 2.25. The van der Waals surface area contributed by atoms with E-state index in [2.05, 4.69) is 10.3 Å². The lowest BCUT2D eigenvalue weighted by molar-refractivity contribution is 0.102. The molecule has 2 N–H and O–H groups in total. The molecule has 0 aliphatic heterocycles. The van der Waals surface area contributed by atoms with Crippen LogP contribution in [0.4, 0.5) is 5.69 Å². The van der Waals surface area contributed by atoms with Crippen molar-refractivity contribution in [1.82, 2.24) is 4.98 Å². The lowest BCUT2D eigenvalue weighted by Crippen LogP contribution is -2.12. The summed E-state index contributed by atoms with van der Waals surface area (Å²) in [4.78, 5) is 17.4. The molecule has 126 valence electrons. The van der Waals surface area contributed by atoms with E-state index in [1.165, 1.54) is 18.2 Å². The molecule has 1 heterocycles. The summed E-state index contributed by atoms with van der Waals surface area (Å²) in [5.41, 5.74) is 1.94. The Labute approximate surface area is 154 Å². The summed E-state index contributed by atoms with van der Waals surface area (Å²) in [6, 6.07) is 15.8. The summed E-state index contributed by atoms with van der Waals surface area (Å²) in [5.74, 6) is 0.317. The summed E-state index contributed by atoms with van der Waals surface area (Å²) in [6.07, 6.45) is 3.60. The van der Waals surface area contributed by atoms with Crippen LogP contribution >= 0.6 is 23.4 Å². The molecule has 1 aromatic heterocycles. The number of aromatic nitrogens is 1. The molecule has 0 saturated carbocycles. The van der Waals surface area contributed by atoms with Crippen LogP contribution in [0.5, 0.6) is 5.75 Å². The van der Waals surface area contributed by atoms with Crippen molar-refractivity contribution < 1.29 is 9.90 Å². The quantitative estimate of drug-likeness (QED) is 0.621. The first-order valence-electron chi connectivity index (χ1n) is 7.53. The number of rotatable bonds is 5. The first-order valence-corrected chi connectivity index (χ1v) is 8.90. The van der Waals surface area contributed by atoms with Gasteiger partial charge in [-0.25, -0.2) is 0 Å². The van der Waals surface area contributed by atoms with E-state index in [0.717, 1.165) is 16.2 Å². The Morgan fingerprint density at radius 2 is 1.96 bits per heavy atom. The Balaban J connectivity index is 1.62. The van der Waals surface area contributed by atoms with E-state index in [-0.39, 0.29) is 11.3 Å². The Kier molecular flexibility index (Phi) is 5.58. The number of hydrogen-bond acceptors (Lipinski definition) is 4. The number of pyridine rings is 1. The molecule has 2 aromatic carbocycles. The molecule has 0 aliphatic carbocycles. The SMILES string of the molecule is O=C(Nc1ccc(SCc2cccnc2)cc1)c1cc(Cl)ccc1O. The van der Waals surface area contributed by atoms with Crippen molar-refractivity contribution in [2.75, 3.05) is 5.32 Å². The van der Waals surface area contributed by atoms with Crippen LogP contribution in [0.2, 0.25) is 5.02 Å². The van der Waals surface area contributed by atoms with Gasteiger partial charge in [-0.15, -0.1) is 11.8 Å². The molecule has 0 bridgehead atoms. The number of nitrogens with one attached hydrogen (secondary N) is 1. The third-order valence-electron chi connectivity index (χ3n) is 3.44. The Morgan fingerprint density at radius 1 is 1.16 bits per heavy atom. The van der Waals surface area contributed by atoms with Crippen LogP contribution in [-0.4, -0.2) is 16.0 Å². The van der Waals surface area contributed by atoms with Crippen molar-refractivity contribution in [3.63, 3.8) is 0 Å². The molecule has 3 aromatic rings. The fourth-order valence-electron chi connectivity index (χ4n) is 2.17. The highest BCUT2D eigenvalue weighted by Gasteiger charge is 2.12. The number of amides is 1. The smallest absolute Gasteiger partial charge is 0.259 e. The monoisotopic (exact) mass is 370 g/mol. The number of anilines is 1. The molecule has 0 unspecified atom stereocenters. The van der Waals surface area contributed by atoms with Gasteiger partial charge in [-0.2, -0.15) is 0 Å². The number of halogens is 1. The van der Waals surface area contributed by atoms with E-state index in [9.17, 15) is 9.90 Å². The number of carbonyl (C=O) groups excluding carboxylic acids is 1. The van der Waals surface area contributed by atoms with Gasteiger partial charge in [0, 0.05) is 33.8 Å². The molecule has 0 spiro atoms. The van der Waals surface area contributed by atoms with Gasteiger partial charge in [-0.3, -0.25) is 9.78 Å². The molecule has 1 amide bonds. The van der Waals surface area contributed by atoms with Crippen LogP contribution in [0.15, 0.2) is 71.9 Å². The summed E-state index contributed by atoms with van der Waals surface area (Å²) >= 11 is 7.56.